The molecule has 0 aliphatic carbocycles. The van der Waals surface area contributed by atoms with E-state index in [1.807, 2.05) is 6.07 Å². The fourth-order valence-electron chi connectivity index (χ4n) is 1.83. The molecule has 1 aromatic rings. The summed E-state index contributed by atoms with van der Waals surface area (Å²) in [6, 6.07) is 3.05. The molecule has 1 unspecified atom stereocenters. The predicted octanol–water partition coefficient (Wildman–Crippen LogP) is 0.124. The van der Waals surface area contributed by atoms with E-state index in [0.717, 1.165) is 5.56 Å². The maximum absolute atomic E-state index is 11.7. The molecule has 1 aliphatic rings. The van der Waals surface area contributed by atoms with Crippen molar-refractivity contribution in [1.29, 1.82) is 0 Å². The molecular weight excluding hydrogens is 250 g/mol. The van der Waals surface area contributed by atoms with Crippen LogP contribution in [0.3, 0.4) is 0 Å². The van der Waals surface area contributed by atoms with Crippen LogP contribution in [-0.4, -0.2) is 40.8 Å². The van der Waals surface area contributed by atoms with Crippen molar-refractivity contribution in [1.82, 2.24) is 15.6 Å². The number of hydrogen-bond donors (Lipinski definition) is 3. The summed E-state index contributed by atoms with van der Waals surface area (Å²) in [6.07, 6.45) is 3.54. The third kappa shape index (κ3) is 3.19. The van der Waals surface area contributed by atoms with Crippen molar-refractivity contribution in [3.8, 4) is 0 Å². The van der Waals surface area contributed by atoms with E-state index >= 15 is 0 Å². The molecule has 7 heteroatoms. The van der Waals surface area contributed by atoms with Crippen molar-refractivity contribution >= 4 is 12.0 Å². The summed E-state index contributed by atoms with van der Waals surface area (Å²) >= 11 is 0. The molecule has 19 heavy (non-hydrogen) atoms. The number of pyridine rings is 1. The molecule has 0 bridgehead atoms. The minimum atomic E-state index is -1.32. The number of nitrogens with one attached hydrogen (secondary N) is 2. The second-order valence-electron chi connectivity index (χ2n) is 4.36. The Kier molecular flexibility index (Phi) is 3.96. The molecule has 1 atom stereocenters. The Morgan fingerprint density at radius 3 is 2.95 bits per heavy atom. The second-order valence-corrected chi connectivity index (χ2v) is 4.36. The summed E-state index contributed by atoms with van der Waals surface area (Å²) in [4.78, 5) is 26.8. The zero-order valence-electron chi connectivity index (χ0n) is 10.3. The van der Waals surface area contributed by atoms with Crippen LogP contribution in [0.2, 0.25) is 0 Å². The number of ether oxygens (including phenoxy) is 1. The smallest absolute Gasteiger partial charge is 0.332 e. The van der Waals surface area contributed by atoms with Crippen LogP contribution in [0, 0.1) is 0 Å². The standard InChI is InChI=1S/C12H15N3O4/c16-10(17)12(3-5-19-8-12)15-11(18)14-7-9-2-1-4-13-6-9/h1-2,4,6H,3,5,7-8H2,(H,16,17)(H2,14,15,18). The van der Waals surface area contributed by atoms with Crippen LogP contribution in [-0.2, 0) is 16.1 Å². The van der Waals surface area contributed by atoms with Gasteiger partial charge in [0.05, 0.1) is 6.61 Å². The molecule has 1 fully saturated rings. The van der Waals surface area contributed by atoms with Gasteiger partial charge in [-0.15, -0.1) is 0 Å². The van der Waals surface area contributed by atoms with Crippen LogP contribution in [0.5, 0.6) is 0 Å². The molecule has 2 rings (SSSR count). The maximum Gasteiger partial charge on any atom is 0.332 e. The van der Waals surface area contributed by atoms with Crippen molar-refractivity contribution in [2.24, 2.45) is 0 Å². The van der Waals surface area contributed by atoms with E-state index < -0.39 is 17.5 Å². The van der Waals surface area contributed by atoms with Crippen LogP contribution < -0.4 is 10.6 Å². The van der Waals surface area contributed by atoms with Crippen molar-refractivity contribution in [3.05, 3.63) is 30.1 Å². The van der Waals surface area contributed by atoms with E-state index in [1.165, 1.54) is 0 Å². The molecule has 1 saturated heterocycles. The first kappa shape index (κ1) is 13.3. The first-order valence-corrected chi connectivity index (χ1v) is 5.88. The van der Waals surface area contributed by atoms with Crippen molar-refractivity contribution < 1.29 is 19.4 Å². The number of carbonyl (C=O) groups excluding carboxylic acids is 1. The van der Waals surface area contributed by atoms with E-state index in [9.17, 15) is 9.59 Å². The lowest BCUT2D eigenvalue weighted by Gasteiger charge is -2.23. The highest BCUT2D eigenvalue weighted by Crippen LogP contribution is 2.18. The number of carbonyl (C=O) groups is 2. The number of aromatic nitrogens is 1. The average Bonchev–Trinajstić information content (AvgIpc) is 2.87. The number of carboxylic acid groups (broad SMARTS) is 1. The Bertz CT molecular complexity index is 457. The molecule has 3 N–H and O–H groups in total. The minimum absolute atomic E-state index is 0.0113. The molecule has 0 radical (unpaired) electrons. The fourth-order valence-corrected chi connectivity index (χ4v) is 1.83. The van der Waals surface area contributed by atoms with Crippen LogP contribution in [0.1, 0.15) is 12.0 Å². The van der Waals surface area contributed by atoms with Gasteiger partial charge in [0.2, 0.25) is 0 Å². The third-order valence-corrected chi connectivity index (χ3v) is 2.96. The maximum atomic E-state index is 11.7. The minimum Gasteiger partial charge on any atom is -0.479 e. The van der Waals surface area contributed by atoms with E-state index in [2.05, 4.69) is 15.6 Å². The number of aliphatic carboxylic acids is 1. The molecular formula is C12H15N3O4. The Morgan fingerprint density at radius 1 is 1.53 bits per heavy atom. The predicted molar refractivity (Wildman–Crippen MR) is 65.4 cm³/mol. The van der Waals surface area contributed by atoms with Gasteiger partial charge in [0.15, 0.2) is 5.54 Å². The van der Waals surface area contributed by atoms with Crippen molar-refractivity contribution in [2.45, 2.75) is 18.5 Å². The van der Waals surface area contributed by atoms with Gasteiger partial charge in [-0.2, -0.15) is 0 Å². The third-order valence-electron chi connectivity index (χ3n) is 2.96. The summed E-state index contributed by atoms with van der Waals surface area (Å²) in [5.41, 5.74) is -0.483. The lowest BCUT2D eigenvalue weighted by Crippen LogP contribution is -2.57. The van der Waals surface area contributed by atoms with Gasteiger partial charge >= 0.3 is 12.0 Å². The van der Waals surface area contributed by atoms with Gasteiger partial charge < -0.3 is 20.5 Å². The topological polar surface area (TPSA) is 101 Å². The molecule has 7 nitrogen and oxygen atoms in total. The van der Waals surface area contributed by atoms with Gasteiger partial charge in [-0.25, -0.2) is 9.59 Å². The van der Waals surface area contributed by atoms with Gasteiger partial charge in [0.25, 0.3) is 0 Å². The highest BCUT2D eigenvalue weighted by molar-refractivity contribution is 5.86. The summed E-state index contributed by atoms with van der Waals surface area (Å²) in [7, 11) is 0. The van der Waals surface area contributed by atoms with Gasteiger partial charge in [0, 0.05) is 32.0 Å². The number of nitrogens with zero attached hydrogens (tertiary/aromatic N) is 1. The Hall–Kier alpha value is -2.15. The fraction of sp³-hybridized carbons (Fsp3) is 0.417. The van der Waals surface area contributed by atoms with E-state index in [-0.39, 0.29) is 19.6 Å². The van der Waals surface area contributed by atoms with Crippen LogP contribution in [0.25, 0.3) is 0 Å². The van der Waals surface area contributed by atoms with Gasteiger partial charge in [-0.05, 0) is 11.6 Å². The normalized spacial score (nSPS) is 21.9. The highest BCUT2D eigenvalue weighted by Gasteiger charge is 2.43. The summed E-state index contributed by atoms with van der Waals surface area (Å²) in [5.74, 6) is -1.08. The van der Waals surface area contributed by atoms with Crippen molar-refractivity contribution in [2.75, 3.05) is 13.2 Å². The number of carboxylic acids is 1. The zero-order chi connectivity index (χ0) is 13.7. The van der Waals surface area contributed by atoms with Gasteiger partial charge in [-0.1, -0.05) is 6.07 Å². The molecule has 2 amide bonds. The van der Waals surface area contributed by atoms with E-state index in [0.29, 0.717) is 6.61 Å². The van der Waals surface area contributed by atoms with E-state index in [1.54, 1.807) is 18.5 Å². The van der Waals surface area contributed by atoms with Gasteiger partial charge in [0.1, 0.15) is 0 Å². The summed E-state index contributed by atoms with van der Waals surface area (Å²) in [5, 5.41) is 14.2. The van der Waals surface area contributed by atoms with Crippen molar-refractivity contribution in [3.63, 3.8) is 0 Å². The first-order valence-electron chi connectivity index (χ1n) is 5.88. The molecule has 0 spiro atoms. The molecule has 1 aliphatic heterocycles. The largest absolute Gasteiger partial charge is 0.479 e. The van der Waals surface area contributed by atoms with Crippen LogP contribution >= 0.6 is 0 Å². The molecule has 102 valence electrons. The lowest BCUT2D eigenvalue weighted by molar-refractivity contribution is -0.144. The monoisotopic (exact) mass is 265 g/mol. The second kappa shape index (κ2) is 5.66. The summed E-state index contributed by atoms with van der Waals surface area (Å²) in [6.45, 7) is 0.605. The van der Waals surface area contributed by atoms with Crippen LogP contribution in [0.4, 0.5) is 4.79 Å². The Labute approximate surface area is 110 Å². The number of rotatable bonds is 4. The molecule has 2 heterocycles. The zero-order valence-corrected chi connectivity index (χ0v) is 10.3. The average molecular weight is 265 g/mol. The Balaban J connectivity index is 1.88. The number of urea groups is 1. The SMILES string of the molecule is O=C(NCc1cccnc1)NC1(C(=O)O)CCOC1. The van der Waals surface area contributed by atoms with E-state index in [4.69, 9.17) is 9.84 Å². The number of amides is 2. The van der Waals surface area contributed by atoms with Gasteiger partial charge in [-0.3, -0.25) is 4.98 Å². The quantitative estimate of drug-likeness (QED) is 0.718. The molecule has 0 aromatic carbocycles. The summed E-state index contributed by atoms with van der Waals surface area (Å²) < 4.78 is 5.05. The molecule has 0 saturated carbocycles. The lowest BCUT2D eigenvalue weighted by atomic mass is 9.99. The first-order chi connectivity index (χ1) is 9.12. The van der Waals surface area contributed by atoms with Crippen LogP contribution in [0.15, 0.2) is 24.5 Å². The Morgan fingerprint density at radius 2 is 2.37 bits per heavy atom. The highest BCUT2D eigenvalue weighted by atomic mass is 16.5. The molecule has 1 aromatic heterocycles. The number of hydrogen-bond acceptors (Lipinski definition) is 4.